The van der Waals surface area contributed by atoms with Crippen molar-refractivity contribution in [3.05, 3.63) is 42.0 Å². The molecule has 5 heteroatoms. The first kappa shape index (κ1) is 15.5. The van der Waals surface area contributed by atoms with Gasteiger partial charge in [-0.05, 0) is 24.5 Å². The minimum atomic E-state index is -0.229. The number of rotatable bonds is 6. The number of anilines is 1. The van der Waals surface area contributed by atoms with Crippen LogP contribution >= 0.6 is 0 Å². The topological polar surface area (TPSA) is 70.6 Å². The molecule has 0 unspecified atom stereocenters. The van der Waals surface area contributed by atoms with Crippen LogP contribution in [0.2, 0.25) is 0 Å². The molecule has 1 aromatic rings. The van der Waals surface area contributed by atoms with Crippen molar-refractivity contribution in [1.29, 1.82) is 0 Å². The van der Waals surface area contributed by atoms with E-state index in [4.69, 9.17) is 9.84 Å². The van der Waals surface area contributed by atoms with Crippen molar-refractivity contribution < 1.29 is 14.6 Å². The third-order valence-corrected chi connectivity index (χ3v) is 3.56. The maximum atomic E-state index is 12.0. The number of hydrogen-bond acceptors (Lipinski definition) is 3. The third kappa shape index (κ3) is 4.58. The number of urea groups is 1. The predicted octanol–water partition coefficient (Wildman–Crippen LogP) is 1.93. The molecular weight excluding hydrogens is 268 g/mol. The number of aliphatic hydroxyl groups is 1. The van der Waals surface area contributed by atoms with E-state index in [-0.39, 0.29) is 24.6 Å². The highest BCUT2D eigenvalue weighted by atomic mass is 16.5. The molecular formula is C16H22N2O3. The number of ether oxygens (including phenoxy) is 1. The van der Waals surface area contributed by atoms with Gasteiger partial charge in [0.2, 0.25) is 0 Å². The Bertz CT molecular complexity index is 502. The number of nitrogens with one attached hydrogen (secondary N) is 2. The zero-order chi connectivity index (χ0) is 15.1. The summed E-state index contributed by atoms with van der Waals surface area (Å²) in [6.45, 7) is 0.736. The number of benzene rings is 1. The normalized spacial score (nSPS) is 20.5. The van der Waals surface area contributed by atoms with Crippen LogP contribution in [-0.2, 0) is 11.2 Å². The zero-order valence-electron chi connectivity index (χ0n) is 12.2. The highest BCUT2D eigenvalue weighted by molar-refractivity contribution is 5.90. The van der Waals surface area contributed by atoms with Crippen molar-refractivity contribution in [2.45, 2.75) is 18.9 Å². The minimum Gasteiger partial charge on any atom is -0.396 e. The van der Waals surface area contributed by atoms with Gasteiger partial charge in [0.05, 0.1) is 6.61 Å². The largest absolute Gasteiger partial charge is 0.396 e. The maximum absolute atomic E-state index is 12.0. The van der Waals surface area contributed by atoms with Crippen LogP contribution in [0.1, 0.15) is 12.0 Å². The molecule has 2 rings (SSSR count). The number of hydrogen-bond donors (Lipinski definition) is 3. The van der Waals surface area contributed by atoms with E-state index in [0.717, 1.165) is 24.1 Å². The summed E-state index contributed by atoms with van der Waals surface area (Å²) in [5.41, 5.74) is 1.84. The Hall–Kier alpha value is -1.85. The molecule has 114 valence electrons. The average molecular weight is 290 g/mol. The Balaban J connectivity index is 1.89. The molecule has 1 aromatic carbocycles. The highest BCUT2D eigenvalue weighted by Gasteiger charge is 2.19. The highest BCUT2D eigenvalue weighted by Crippen LogP contribution is 2.18. The van der Waals surface area contributed by atoms with Crippen LogP contribution in [0.25, 0.3) is 0 Å². The van der Waals surface area contributed by atoms with Crippen LogP contribution in [0.15, 0.2) is 36.4 Å². The van der Waals surface area contributed by atoms with Gasteiger partial charge < -0.3 is 20.5 Å². The average Bonchev–Trinajstić information content (AvgIpc) is 2.94. The Morgan fingerprint density at radius 3 is 2.90 bits per heavy atom. The van der Waals surface area contributed by atoms with Crippen molar-refractivity contribution in [2.24, 2.45) is 5.92 Å². The Morgan fingerprint density at radius 1 is 1.38 bits per heavy atom. The summed E-state index contributed by atoms with van der Waals surface area (Å²) in [7, 11) is 1.66. The Labute approximate surface area is 125 Å². The molecule has 1 aliphatic carbocycles. The molecule has 0 aliphatic heterocycles. The monoisotopic (exact) mass is 290 g/mol. The van der Waals surface area contributed by atoms with Gasteiger partial charge in [-0.15, -0.1) is 0 Å². The van der Waals surface area contributed by atoms with Crippen molar-refractivity contribution in [1.82, 2.24) is 5.32 Å². The molecule has 1 aliphatic rings. The van der Waals surface area contributed by atoms with Crippen LogP contribution < -0.4 is 10.6 Å². The second kappa shape index (κ2) is 7.81. The van der Waals surface area contributed by atoms with E-state index in [9.17, 15) is 4.79 Å². The van der Waals surface area contributed by atoms with Gasteiger partial charge in [-0.25, -0.2) is 4.79 Å². The standard InChI is InChI=1S/C16H22N2O3/c1-21-9-8-13-4-2-3-5-15(13)18-16(20)17-14-7-6-12(10-14)11-19/h2-7,12,14,19H,8-11H2,1H3,(H2,17,18,20)/t12-,14+/m0/s1. The van der Waals surface area contributed by atoms with Crippen molar-refractivity contribution in [3.8, 4) is 0 Å². The summed E-state index contributed by atoms with van der Waals surface area (Å²) in [5.74, 6) is 0.143. The number of methoxy groups -OCH3 is 1. The fraction of sp³-hybridized carbons (Fsp3) is 0.438. The number of aliphatic hydroxyl groups excluding tert-OH is 1. The Kier molecular flexibility index (Phi) is 5.78. The quantitative estimate of drug-likeness (QED) is 0.701. The first-order valence-electron chi connectivity index (χ1n) is 7.16. The lowest BCUT2D eigenvalue weighted by Crippen LogP contribution is -2.36. The van der Waals surface area contributed by atoms with E-state index in [1.807, 2.05) is 36.4 Å². The fourth-order valence-corrected chi connectivity index (χ4v) is 2.42. The smallest absolute Gasteiger partial charge is 0.319 e. The third-order valence-electron chi connectivity index (χ3n) is 3.56. The van der Waals surface area contributed by atoms with Gasteiger partial charge in [0.25, 0.3) is 0 Å². The molecule has 0 spiro atoms. The van der Waals surface area contributed by atoms with E-state index < -0.39 is 0 Å². The Morgan fingerprint density at radius 2 is 2.19 bits per heavy atom. The molecule has 2 atom stereocenters. The molecule has 21 heavy (non-hydrogen) atoms. The number of para-hydroxylation sites is 1. The minimum absolute atomic E-state index is 0.0201. The molecule has 0 aromatic heterocycles. The van der Waals surface area contributed by atoms with E-state index >= 15 is 0 Å². The number of carbonyl (C=O) groups excluding carboxylic acids is 1. The SMILES string of the molecule is COCCc1ccccc1NC(=O)N[C@@H]1C=C[C@H](CO)C1. The van der Waals surface area contributed by atoms with Crippen molar-refractivity contribution in [3.63, 3.8) is 0 Å². The first-order chi connectivity index (χ1) is 10.2. The summed E-state index contributed by atoms with van der Waals surface area (Å²) in [6, 6.07) is 7.45. The van der Waals surface area contributed by atoms with Gasteiger partial charge in [0, 0.05) is 31.4 Å². The predicted molar refractivity (Wildman–Crippen MR) is 82.3 cm³/mol. The van der Waals surface area contributed by atoms with Crippen LogP contribution in [0, 0.1) is 5.92 Å². The maximum Gasteiger partial charge on any atom is 0.319 e. The summed E-state index contributed by atoms with van der Waals surface area (Å²) < 4.78 is 5.08. The van der Waals surface area contributed by atoms with Gasteiger partial charge >= 0.3 is 6.03 Å². The summed E-state index contributed by atoms with van der Waals surface area (Å²) in [5, 5.41) is 14.9. The van der Waals surface area contributed by atoms with E-state index in [0.29, 0.717) is 6.61 Å². The molecule has 0 radical (unpaired) electrons. The van der Waals surface area contributed by atoms with Crippen molar-refractivity contribution >= 4 is 11.7 Å². The van der Waals surface area contributed by atoms with Gasteiger partial charge in [0.15, 0.2) is 0 Å². The van der Waals surface area contributed by atoms with E-state index in [1.54, 1.807) is 7.11 Å². The van der Waals surface area contributed by atoms with Gasteiger partial charge in [-0.1, -0.05) is 30.4 Å². The van der Waals surface area contributed by atoms with Crippen molar-refractivity contribution in [2.75, 3.05) is 25.6 Å². The van der Waals surface area contributed by atoms with Gasteiger partial charge in [-0.2, -0.15) is 0 Å². The summed E-state index contributed by atoms with van der Waals surface area (Å²) in [6.07, 6.45) is 5.37. The van der Waals surface area contributed by atoms with E-state index in [2.05, 4.69) is 10.6 Å². The molecule has 5 nitrogen and oxygen atoms in total. The molecule has 2 amide bonds. The molecule has 0 fully saturated rings. The molecule has 3 N–H and O–H groups in total. The molecule has 0 saturated carbocycles. The zero-order valence-corrected chi connectivity index (χ0v) is 12.2. The molecule has 0 bridgehead atoms. The van der Waals surface area contributed by atoms with Crippen LogP contribution in [0.3, 0.4) is 0 Å². The lowest BCUT2D eigenvalue weighted by atomic mass is 10.1. The second-order valence-electron chi connectivity index (χ2n) is 5.17. The van der Waals surface area contributed by atoms with Gasteiger partial charge in [0.1, 0.15) is 0 Å². The second-order valence-corrected chi connectivity index (χ2v) is 5.17. The van der Waals surface area contributed by atoms with Gasteiger partial charge in [-0.3, -0.25) is 0 Å². The molecule has 0 heterocycles. The van der Waals surface area contributed by atoms with Crippen LogP contribution in [0.4, 0.5) is 10.5 Å². The first-order valence-corrected chi connectivity index (χ1v) is 7.16. The van der Waals surface area contributed by atoms with Crippen LogP contribution in [0.5, 0.6) is 0 Å². The number of amides is 2. The van der Waals surface area contributed by atoms with Crippen LogP contribution in [-0.4, -0.2) is 37.5 Å². The summed E-state index contributed by atoms with van der Waals surface area (Å²) >= 11 is 0. The molecule has 0 saturated heterocycles. The number of carbonyl (C=O) groups is 1. The fourth-order valence-electron chi connectivity index (χ4n) is 2.42. The lowest BCUT2D eigenvalue weighted by molar-refractivity contribution is 0.202. The lowest BCUT2D eigenvalue weighted by Gasteiger charge is -2.15. The summed E-state index contributed by atoms with van der Waals surface area (Å²) in [4.78, 5) is 12.0. The van der Waals surface area contributed by atoms with E-state index in [1.165, 1.54) is 0 Å².